The summed E-state index contributed by atoms with van der Waals surface area (Å²) in [5.74, 6) is -0.190. The van der Waals surface area contributed by atoms with Crippen molar-refractivity contribution in [2.24, 2.45) is 17.4 Å². The molecular weight excluding hydrogens is 194 g/mol. The number of hydrogen-bond acceptors (Lipinski definition) is 3. The van der Waals surface area contributed by atoms with Crippen LogP contribution < -0.4 is 11.5 Å². The van der Waals surface area contributed by atoms with Crippen molar-refractivity contribution in [1.82, 2.24) is 4.90 Å². The number of carbonyl (C=O) groups is 2. The fourth-order valence-corrected chi connectivity index (χ4v) is 1.74. The quantitative estimate of drug-likeness (QED) is 0.642. The minimum atomic E-state index is -0.407. The van der Waals surface area contributed by atoms with Crippen LogP contribution in [-0.4, -0.2) is 35.8 Å². The van der Waals surface area contributed by atoms with E-state index in [0.29, 0.717) is 25.9 Å². The lowest BCUT2D eigenvalue weighted by molar-refractivity contribution is -0.146. The van der Waals surface area contributed by atoms with Gasteiger partial charge in [-0.15, -0.1) is 0 Å². The number of nitrogens with two attached hydrogens (primary N) is 2. The highest BCUT2D eigenvalue weighted by atomic mass is 16.2. The van der Waals surface area contributed by atoms with Gasteiger partial charge >= 0.3 is 0 Å². The van der Waals surface area contributed by atoms with Crippen molar-refractivity contribution in [2.45, 2.75) is 32.2 Å². The summed E-state index contributed by atoms with van der Waals surface area (Å²) in [7, 11) is 0. The molecule has 1 heterocycles. The maximum atomic E-state index is 11.7. The van der Waals surface area contributed by atoms with Crippen LogP contribution in [0.4, 0.5) is 0 Å². The first kappa shape index (κ1) is 12.0. The Morgan fingerprint density at radius 2 is 2.20 bits per heavy atom. The smallest absolute Gasteiger partial charge is 0.240 e. The lowest BCUT2D eigenvalue weighted by Crippen LogP contribution is -2.57. The molecule has 1 saturated heterocycles. The van der Waals surface area contributed by atoms with Gasteiger partial charge in [0.2, 0.25) is 11.8 Å². The van der Waals surface area contributed by atoms with Gasteiger partial charge < -0.3 is 16.4 Å². The minimum absolute atomic E-state index is 0.00218. The molecule has 0 aromatic rings. The third-order valence-corrected chi connectivity index (χ3v) is 3.04. The molecule has 0 aliphatic carbocycles. The Morgan fingerprint density at radius 1 is 1.53 bits per heavy atom. The van der Waals surface area contributed by atoms with E-state index in [-0.39, 0.29) is 17.9 Å². The second-order valence-electron chi connectivity index (χ2n) is 4.01. The monoisotopic (exact) mass is 213 g/mol. The van der Waals surface area contributed by atoms with Gasteiger partial charge in [-0.25, -0.2) is 0 Å². The van der Waals surface area contributed by atoms with Gasteiger partial charge in [0, 0.05) is 13.0 Å². The molecule has 1 aliphatic rings. The Hall–Kier alpha value is -1.10. The average molecular weight is 213 g/mol. The highest BCUT2D eigenvalue weighted by Gasteiger charge is 2.36. The SMILES string of the molecule is CCC(CN)CC(=O)N1CCC1C(N)=O. The van der Waals surface area contributed by atoms with Crippen LogP contribution in [0, 0.1) is 5.92 Å². The van der Waals surface area contributed by atoms with Crippen LogP contribution in [-0.2, 0) is 9.59 Å². The number of carbonyl (C=O) groups excluding carboxylic acids is 2. The fourth-order valence-electron chi connectivity index (χ4n) is 1.74. The first-order valence-corrected chi connectivity index (χ1v) is 5.39. The zero-order chi connectivity index (χ0) is 11.4. The van der Waals surface area contributed by atoms with E-state index in [0.717, 1.165) is 6.42 Å². The molecule has 5 heteroatoms. The Labute approximate surface area is 89.8 Å². The molecule has 0 aromatic heterocycles. The third kappa shape index (κ3) is 2.68. The number of primary amides is 1. The second-order valence-corrected chi connectivity index (χ2v) is 4.01. The summed E-state index contributed by atoms with van der Waals surface area (Å²) >= 11 is 0. The molecule has 1 aliphatic heterocycles. The van der Waals surface area contributed by atoms with Crippen molar-refractivity contribution in [2.75, 3.05) is 13.1 Å². The van der Waals surface area contributed by atoms with Crippen LogP contribution in [0.15, 0.2) is 0 Å². The molecule has 2 amide bonds. The third-order valence-electron chi connectivity index (χ3n) is 3.04. The first-order valence-electron chi connectivity index (χ1n) is 5.39. The van der Waals surface area contributed by atoms with E-state index in [9.17, 15) is 9.59 Å². The first-order chi connectivity index (χ1) is 7.10. The van der Waals surface area contributed by atoms with E-state index < -0.39 is 5.91 Å². The Morgan fingerprint density at radius 3 is 2.53 bits per heavy atom. The van der Waals surface area contributed by atoms with Crippen molar-refractivity contribution in [3.63, 3.8) is 0 Å². The molecule has 86 valence electrons. The van der Waals surface area contributed by atoms with Crippen molar-refractivity contribution in [1.29, 1.82) is 0 Å². The van der Waals surface area contributed by atoms with Crippen molar-refractivity contribution >= 4 is 11.8 Å². The summed E-state index contributed by atoms with van der Waals surface area (Å²) in [5.41, 5.74) is 10.7. The molecule has 0 spiro atoms. The van der Waals surface area contributed by atoms with Gasteiger partial charge in [-0.05, 0) is 18.9 Å². The molecule has 2 unspecified atom stereocenters. The Balaban J connectivity index is 2.44. The van der Waals surface area contributed by atoms with Crippen LogP contribution in [0.1, 0.15) is 26.2 Å². The highest BCUT2D eigenvalue weighted by Crippen LogP contribution is 2.20. The van der Waals surface area contributed by atoms with Gasteiger partial charge in [0.1, 0.15) is 6.04 Å². The summed E-state index contributed by atoms with van der Waals surface area (Å²) in [6.07, 6.45) is 2.01. The largest absolute Gasteiger partial charge is 0.368 e. The van der Waals surface area contributed by atoms with Gasteiger partial charge in [-0.1, -0.05) is 13.3 Å². The average Bonchev–Trinajstić information content (AvgIpc) is 2.11. The standard InChI is InChI=1S/C10H19N3O2/c1-2-7(6-11)5-9(14)13-4-3-8(13)10(12)15/h7-8H,2-6,11H2,1H3,(H2,12,15). The molecule has 15 heavy (non-hydrogen) atoms. The lowest BCUT2D eigenvalue weighted by atomic mass is 9.97. The van der Waals surface area contributed by atoms with Gasteiger partial charge in [0.15, 0.2) is 0 Å². The minimum Gasteiger partial charge on any atom is -0.368 e. The zero-order valence-electron chi connectivity index (χ0n) is 9.11. The topological polar surface area (TPSA) is 89.4 Å². The molecular formula is C10H19N3O2. The summed E-state index contributed by atoms with van der Waals surface area (Å²) in [6.45, 7) is 3.16. The molecule has 4 N–H and O–H groups in total. The normalized spacial score (nSPS) is 22.0. The molecule has 0 aromatic carbocycles. The van der Waals surface area contributed by atoms with Gasteiger partial charge in [0.25, 0.3) is 0 Å². The molecule has 1 fully saturated rings. The molecule has 0 saturated carbocycles. The Kier molecular flexibility index (Phi) is 4.08. The van der Waals surface area contributed by atoms with E-state index in [1.807, 2.05) is 6.92 Å². The number of rotatable bonds is 5. The molecule has 5 nitrogen and oxygen atoms in total. The van der Waals surface area contributed by atoms with Crippen molar-refractivity contribution < 1.29 is 9.59 Å². The number of amides is 2. The van der Waals surface area contributed by atoms with E-state index in [2.05, 4.69) is 0 Å². The van der Waals surface area contributed by atoms with Crippen LogP contribution in [0.25, 0.3) is 0 Å². The summed E-state index contributed by atoms with van der Waals surface area (Å²) in [4.78, 5) is 24.2. The van der Waals surface area contributed by atoms with Crippen LogP contribution in [0.3, 0.4) is 0 Å². The van der Waals surface area contributed by atoms with Crippen LogP contribution in [0.5, 0.6) is 0 Å². The van der Waals surface area contributed by atoms with E-state index >= 15 is 0 Å². The summed E-state index contributed by atoms with van der Waals surface area (Å²) in [6, 6.07) is -0.382. The Bertz CT molecular complexity index is 251. The number of likely N-dealkylation sites (tertiary alicyclic amines) is 1. The van der Waals surface area contributed by atoms with E-state index in [1.165, 1.54) is 0 Å². The summed E-state index contributed by atoms with van der Waals surface area (Å²) in [5, 5.41) is 0. The van der Waals surface area contributed by atoms with Crippen LogP contribution in [0.2, 0.25) is 0 Å². The van der Waals surface area contributed by atoms with Gasteiger partial charge in [-0.3, -0.25) is 9.59 Å². The predicted octanol–water partition coefficient (Wildman–Crippen LogP) is -0.552. The maximum absolute atomic E-state index is 11.7. The van der Waals surface area contributed by atoms with Gasteiger partial charge in [0.05, 0.1) is 0 Å². The van der Waals surface area contributed by atoms with Crippen molar-refractivity contribution in [3.05, 3.63) is 0 Å². The van der Waals surface area contributed by atoms with Crippen LogP contribution >= 0.6 is 0 Å². The maximum Gasteiger partial charge on any atom is 0.240 e. The number of hydrogen-bond donors (Lipinski definition) is 2. The second kappa shape index (κ2) is 5.11. The zero-order valence-corrected chi connectivity index (χ0v) is 9.11. The summed E-state index contributed by atoms with van der Waals surface area (Å²) < 4.78 is 0. The fraction of sp³-hybridized carbons (Fsp3) is 0.800. The molecule has 2 atom stereocenters. The lowest BCUT2D eigenvalue weighted by Gasteiger charge is -2.39. The predicted molar refractivity (Wildman–Crippen MR) is 56.8 cm³/mol. The van der Waals surface area contributed by atoms with Gasteiger partial charge in [-0.2, -0.15) is 0 Å². The molecule has 0 radical (unpaired) electrons. The van der Waals surface area contributed by atoms with E-state index in [4.69, 9.17) is 11.5 Å². The highest BCUT2D eigenvalue weighted by molar-refractivity contribution is 5.88. The van der Waals surface area contributed by atoms with E-state index in [1.54, 1.807) is 4.90 Å². The van der Waals surface area contributed by atoms with Crippen molar-refractivity contribution in [3.8, 4) is 0 Å². The molecule has 1 rings (SSSR count). The molecule has 0 bridgehead atoms. The number of nitrogens with zero attached hydrogens (tertiary/aromatic N) is 1.